The number of nitrogens with one attached hydrogen (secondary N) is 1. The molecular weight excluding hydrogens is 232 g/mol. The van der Waals surface area contributed by atoms with E-state index >= 15 is 0 Å². The lowest BCUT2D eigenvalue weighted by atomic mass is 9.88. The van der Waals surface area contributed by atoms with Crippen molar-refractivity contribution in [2.24, 2.45) is 0 Å². The molecule has 2 rings (SSSR count). The molecule has 0 amide bonds. The number of hydrogen-bond donors (Lipinski definition) is 1. The first-order valence-corrected chi connectivity index (χ1v) is 7.71. The van der Waals surface area contributed by atoms with Gasteiger partial charge in [0.2, 0.25) is 0 Å². The molecule has 2 unspecified atom stereocenters. The van der Waals surface area contributed by atoms with Gasteiger partial charge in [-0.05, 0) is 50.8 Å². The number of fused-ring (bicyclic) bond motifs is 1. The Morgan fingerprint density at radius 2 is 2.05 bits per heavy atom. The molecule has 2 atom stereocenters. The van der Waals surface area contributed by atoms with Crippen LogP contribution in [0, 0.1) is 0 Å². The maximum Gasteiger partial charge on any atom is 0.0111 e. The molecule has 0 saturated carbocycles. The molecule has 0 saturated heterocycles. The monoisotopic (exact) mass is 260 g/mol. The summed E-state index contributed by atoms with van der Waals surface area (Å²) in [4.78, 5) is 2.45. The van der Waals surface area contributed by atoms with Crippen LogP contribution in [0.3, 0.4) is 0 Å². The predicted molar refractivity (Wildman–Crippen MR) is 82.6 cm³/mol. The van der Waals surface area contributed by atoms with Gasteiger partial charge in [0.05, 0.1) is 0 Å². The van der Waals surface area contributed by atoms with Gasteiger partial charge < -0.3 is 10.2 Å². The fraction of sp³-hybridized carbons (Fsp3) is 0.647. The quantitative estimate of drug-likeness (QED) is 0.846. The minimum atomic E-state index is 0.667. The van der Waals surface area contributed by atoms with Gasteiger partial charge >= 0.3 is 0 Å². The van der Waals surface area contributed by atoms with E-state index in [-0.39, 0.29) is 0 Å². The average molecular weight is 260 g/mol. The normalized spacial score (nSPS) is 20.3. The van der Waals surface area contributed by atoms with E-state index in [0.717, 1.165) is 13.1 Å². The highest BCUT2D eigenvalue weighted by atomic mass is 15.1. The van der Waals surface area contributed by atoms with Crippen LogP contribution >= 0.6 is 0 Å². The average Bonchev–Trinajstić information content (AvgIpc) is 2.46. The van der Waals surface area contributed by atoms with Crippen LogP contribution in [0.1, 0.15) is 37.8 Å². The Balaban J connectivity index is 1.74. The minimum absolute atomic E-state index is 0.667. The largest absolute Gasteiger partial charge is 0.312 e. The van der Waals surface area contributed by atoms with E-state index in [9.17, 15) is 0 Å². The Bertz CT molecular complexity index is 389. The second-order valence-corrected chi connectivity index (χ2v) is 5.90. The molecule has 2 heteroatoms. The van der Waals surface area contributed by atoms with Gasteiger partial charge in [0, 0.05) is 25.2 Å². The standard InChI is InChI=1S/C17H28N2/c1-4-14(2)19(3)12-11-18-17-10-9-15-7-5-6-8-16(15)13-17/h5-8,14,17-18H,4,9-13H2,1-3H3. The summed E-state index contributed by atoms with van der Waals surface area (Å²) in [7, 11) is 2.23. The van der Waals surface area contributed by atoms with E-state index < -0.39 is 0 Å². The van der Waals surface area contributed by atoms with E-state index in [1.807, 2.05) is 0 Å². The van der Waals surface area contributed by atoms with Gasteiger partial charge in [0.25, 0.3) is 0 Å². The summed E-state index contributed by atoms with van der Waals surface area (Å²) in [6.07, 6.45) is 4.94. The molecule has 1 N–H and O–H groups in total. The maximum atomic E-state index is 3.73. The second kappa shape index (κ2) is 7.06. The fourth-order valence-electron chi connectivity index (χ4n) is 2.85. The SMILES string of the molecule is CCC(C)N(C)CCNC1CCc2ccccc2C1. The Hall–Kier alpha value is -0.860. The highest BCUT2D eigenvalue weighted by molar-refractivity contribution is 5.30. The first-order chi connectivity index (χ1) is 9.20. The van der Waals surface area contributed by atoms with Crippen molar-refractivity contribution in [3.8, 4) is 0 Å². The van der Waals surface area contributed by atoms with Gasteiger partial charge in [-0.2, -0.15) is 0 Å². The highest BCUT2D eigenvalue weighted by Gasteiger charge is 2.17. The molecule has 0 aromatic heterocycles. The third-order valence-corrected chi connectivity index (χ3v) is 4.59. The number of nitrogens with zero attached hydrogens (tertiary/aromatic N) is 1. The van der Waals surface area contributed by atoms with E-state index in [0.29, 0.717) is 12.1 Å². The van der Waals surface area contributed by atoms with Crippen molar-refractivity contribution in [3.05, 3.63) is 35.4 Å². The molecule has 1 aliphatic rings. The van der Waals surface area contributed by atoms with E-state index in [1.165, 1.54) is 25.7 Å². The number of hydrogen-bond acceptors (Lipinski definition) is 2. The summed E-state index contributed by atoms with van der Waals surface area (Å²) in [5, 5.41) is 3.73. The van der Waals surface area contributed by atoms with Crippen molar-refractivity contribution in [2.75, 3.05) is 20.1 Å². The maximum absolute atomic E-state index is 3.73. The summed E-state index contributed by atoms with van der Waals surface area (Å²) >= 11 is 0. The fourth-order valence-corrected chi connectivity index (χ4v) is 2.85. The molecule has 2 nitrogen and oxygen atoms in total. The second-order valence-electron chi connectivity index (χ2n) is 5.90. The summed E-state index contributed by atoms with van der Waals surface area (Å²) in [6.45, 7) is 6.81. The lowest BCUT2D eigenvalue weighted by Crippen LogP contribution is -2.41. The van der Waals surface area contributed by atoms with E-state index in [4.69, 9.17) is 0 Å². The zero-order chi connectivity index (χ0) is 13.7. The van der Waals surface area contributed by atoms with Crippen molar-refractivity contribution < 1.29 is 0 Å². The lowest BCUT2D eigenvalue weighted by Gasteiger charge is -2.28. The number of benzene rings is 1. The summed E-state index contributed by atoms with van der Waals surface area (Å²) < 4.78 is 0. The van der Waals surface area contributed by atoms with Crippen LogP contribution in [0.25, 0.3) is 0 Å². The molecular formula is C17H28N2. The van der Waals surface area contributed by atoms with Crippen molar-refractivity contribution in [2.45, 2.75) is 51.6 Å². The van der Waals surface area contributed by atoms with Gasteiger partial charge in [-0.15, -0.1) is 0 Å². The molecule has 1 aromatic rings. The van der Waals surface area contributed by atoms with Crippen molar-refractivity contribution >= 4 is 0 Å². The first kappa shape index (κ1) is 14.5. The third kappa shape index (κ3) is 4.05. The topological polar surface area (TPSA) is 15.3 Å². The van der Waals surface area contributed by atoms with Crippen molar-refractivity contribution in [1.82, 2.24) is 10.2 Å². The Morgan fingerprint density at radius 3 is 2.79 bits per heavy atom. The molecule has 0 aliphatic heterocycles. The molecule has 106 valence electrons. The predicted octanol–water partition coefficient (Wildman–Crippen LogP) is 2.86. The Labute approximate surface area is 118 Å². The van der Waals surface area contributed by atoms with Gasteiger partial charge in [-0.3, -0.25) is 0 Å². The van der Waals surface area contributed by atoms with E-state index in [2.05, 4.69) is 55.4 Å². The van der Waals surface area contributed by atoms with Crippen molar-refractivity contribution in [1.29, 1.82) is 0 Å². The molecule has 0 radical (unpaired) electrons. The van der Waals surface area contributed by atoms with Gasteiger partial charge in [0.15, 0.2) is 0 Å². The molecule has 0 heterocycles. The number of rotatable bonds is 6. The first-order valence-electron chi connectivity index (χ1n) is 7.71. The van der Waals surface area contributed by atoms with Crippen molar-refractivity contribution in [3.63, 3.8) is 0 Å². The molecule has 19 heavy (non-hydrogen) atoms. The molecule has 1 aromatic carbocycles. The van der Waals surface area contributed by atoms with Crippen LogP contribution in [0.4, 0.5) is 0 Å². The molecule has 1 aliphatic carbocycles. The minimum Gasteiger partial charge on any atom is -0.312 e. The van der Waals surface area contributed by atoms with Crippen LogP contribution < -0.4 is 5.32 Å². The zero-order valence-electron chi connectivity index (χ0n) is 12.7. The van der Waals surface area contributed by atoms with Crippen LogP contribution in [-0.4, -0.2) is 37.1 Å². The van der Waals surface area contributed by atoms with Gasteiger partial charge in [-0.1, -0.05) is 31.2 Å². The summed E-state index contributed by atoms with van der Waals surface area (Å²) in [6, 6.07) is 10.2. The summed E-state index contributed by atoms with van der Waals surface area (Å²) in [5.41, 5.74) is 3.10. The van der Waals surface area contributed by atoms with Crippen LogP contribution in [0.2, 0.25) is 0 Å². The third-order valence-electron chi connectivity index (χ3n) is 4.59. The Kier molecular flexibility index (Phi) is 5.41. The zero-order valence-corrected chi connectivity index (χ0v) is 12.7. The van der Waals surface area contributed by atoms with Crippen LogP contribution in [0.15, 0.2) is 24.3 Å². The number of aryl methyl sites for hydroxylation is 1. The van der Waals surface area contributed by atoms with Gasteiger partial charge in [-0.25, -0.2) is 0 Å². The van der Waals surface area contributed by atoms with Gasteiger partial charge in [0.1, 0.15) is 0 Å². The molecule has 0 bridgehead atoms. The smallest absolute Gasteiger partial charge is 0.0111 e. The van der Waals surface area contributed by atoms with Crippen LogP contribution in [-0.2, 0) is 12.8 Å². The Morgan fingerprint density at radius 1 is 1.32 bits per heavy atom. The molecule has 0 fully saturated rings. The summed E-state index contributed by atoms with van der Waals surface area (Å²) in [5.74, 6) is 0. The van der Waals surface area contributed by atoms with Crippen LogP contribution in [0.5, 0.6) is 0 Å². The number of likely N-dealkylation sites (N-methyl/N-ethyl adjacent to an activating group) is 1. The highest BCUT2D eigenvalue weighted by Crippen LogP contribution is 2.20. The molecule has 0 spiro atoms. The lowest BCUT2D eigenvalue weighted by molar-refractivity contribution is 0.246. The van der Waals surface area contributed by atoms with E-state index in [1.54, 1.807) is 11.1 Å².